The van der Waals surface area contributed by atoms with Crippen LogP contribution in [0.3, 0.4) is 0 Å². The number of hydrogen-bond donors (Lipinski definition) is 2. The van der Waals surface area contributed by atoms with Crippen LogP contribution in [0.1, 0.15) is 23.6 Å². The Morgan fingerprint density at radius 2 is 2.16 bits per heavy atom. The fourth-order valence-corrected chi connectivity index (χ4v) is 5.07. The van der Waals surface area contributed by atoms with Gasteiger partial charge in [0.25, 0.3) is 0 Å². The van der Waals surface area contributed by atoms with Crippen molar-refractivity contribution in [3.63, 3.8) is 0 Å². The lowest BCUT2D eigenvalue weighted by Crippen LogP contribution is -2.65. The number of methoxy groups -OCH3 is 1. The molecule has 7 heteroatoms. The van der Waals surface area contributed by atoms with E-state index in [1.165, 1.54) is 0 Å². The number of rotatable bonds is 3. The summed E-state index contributed by atoms with van der Waals surface area (Å²) in [6.45, 7) is -0.212. The number of ether oxygens (including phenoxy) is 1. The topological polar surface area (TPSA) is 90.3 Å². The van der Waals surface area contributed by atoms with Gasteiger partial charge in [0.05, 0.1) is 37.8 Å². The van der Waals surface area contributed by atoms with Gasteiger partial charge < -0.3 is 19.8 Å². The zero-order valence-electron chi connectivity index (χ0n) is 14.3. The molecular weight excluding hydrogens is 324 g/mol. The monoisotopic (exact) mass is 346 g/mol. The van der Waals surface area contributed by atoms with Gasteiger partial charge in [0.15, 0.2) is 0 Å². The van der Waals surface area contributed by atoms with Gasteiger partial charge in [-0.3, -0.25) is 14.5 Å². The first-order valence-electron chi connectivity index (χ1n) is 8.53. The van der Waals surface area contributed by atoms with Crippen molar-refractivity contribution in [2.75, 3.05) is 20.8 Å². The summed E-state index contributed by atoms with van der Waals surface area (Å²) in [5.41, 5.74) is 1.85. The number of carboxylic acids is 1. The Hall–Kier alpha value is -2.12. The first kappa shape index (κ1) is 16.4. The number of nitrogens with zero attached hydrogens (tertiary/aromatic N) is 2. The zero-order valence-corrected chi connectivity index (χ0v) is 14.3. The molecule has 7 nitrogen and oxygen atoms in total. The molecule has 2 saturated heterocycles. The second-order valence-corrected chi connectivity index (χ2v) is 7.10. The Morgan fingerprint density at radius 3 is 2.80 bits per heavy atom. The number of aliphatic carboxylic acids is 1. The molecule has 0 saturated carbocycles. The van der Waals surface area contributed by atoms with Crippen molar-refractivity contribution in [1.29, 1.82) is 0 Å². The Kier molecular flexibility index (Phi) is 3.73. The first-order valence-corrected chi connectivity index (χ1v) is 8.53. The Morgan fingerprint density at radius 1 is 1.40 bits per heavy atom. The molecule has 25 heavy (non-hydrogen) atoms. The predicted octanol–water partition coefficient (Wildman–Crippen LogP) is 0.269. The molecule has 3 heterocycles. The van der Waals surface area contributed by atoms with E-state index in [-0.39, 0.29) is 24.6 Å². The molecule has 0 aromatic heterocycles. The molecule has 2 fully saturated rings. The molecule has 1 amide bonds. The van der Waals surface area contributed by atoms with Gasteiger partial charge in [-0.05, 0) is 31.5 Å². The van der Waals surface area contributed by atoms with E-state index in [9.17, 15) is 19.8 Å². The van der Waals surface area contributed by atoms with Gasteiger partial charge in [-0.1, -0.05) is 12.1 Å². The van der Waals surface area contributed by atoms with Crippen LogP contribution in [0.15, 0.2) is 18.2 Å². The molecule has 0 aliphatic carbocycles. The molecule has 5 atom stereocenters. The smallest absolute Gasteiger partial charge is 0.308 e. The van der Waals surface area contributed by atoms with Crippen molar-refractivity contribution in [1.82, 2.24) is 9.80 Å². The molecule has 0 unspecified atom stereocenters. The number of likely N-dealkylation sites (N-methyl/N-ethyl adjacent to an activating group) is 1. The highest BCUT2D eigenvalue weighted by molar-refractivity contribution is 5.87. The van der Waals surface area contributed by atoms with E-state index in [1.807, 2.05) is 30.1 Å². The van der Waals surface area contributed by atoms with Crippen LogP contribution in [0.5, 0.6) is 5.75 Å². The Balaban J connectivity index is 1.85. The maximum atomic E-state index is 13.1. The van der Waals surface area contributed by atoms with Crippen LogP contribution < -0.4 is 4.74 Å². The van der Waals surface area contributed by atoms with Crippen molar-refractivity contribution >= 4 is 11.9 Å². The van der Waals surface area contributed by atoms with Crippen LogP contribution >= 0.6 is 0 Å². The molecule has 2 N–H and O–H groups in total. The van der Waals surface area contributed by atoms with E-state index in [1.54, 1.807) is 12.0 Å². The standard InChI is InChI=1S/C18H22N2O5/c1-19-12-7-10(18(23)24)16(19)11-6-9-4-3-5-14(25-2)15(9)13(8-21)20(11)17(12)22/h3-5,10-13,16,21H,6-8H2,1-2H3,(H,23,24)/t10-,11+,12+,13+,16-/m1/s1. The van der Waals surface area contributed by atoms with Gasteiger partial charge >= 0.3 is 5.97 Å². The third-order valence-electron chi connectivity index (χ3n) is 6.11. The Bertz CT molecular complexity index is 736. The summed E-state index contributed by atoms with van der Waals surface area (Å²) >= 11 is 0. The highest BCUT2D eigenvalue weighted by Crippen LogP contribution is 2.47. The van der Waals surface area contributed by atoms with E-state index in [4.69, 9.17) is 4.74 Å². The van der Waals surface area contributed by atoms with E-state index in [0.717, 1.165) is 11.1 Å². The number of aliphatic hydroxyl groups is 1. The number of carbonyl (C=O) groups excluding carboxylic acids is 1. The largest absolute Gasteiger partial charge is 0.496 e. The number of fused-ring (bicyclic) bond motifs is 5. The summed E-state index contributed by atoms with van der Waals surface area (Å²) < 4.78 is 5.46. The summed E-state index contributed by atoms with van der Waals surface area (Å²) in [6, 6.07) is 4.26. The lowest BCUT2D eigenvalue weighted by molar-refractivity contribution is -0.154. The van der Waals surface area contributed by atoms with Crippen molar-refractivity contribution < 1.29 is 24.5 Å². The van der Waals surface area contributed by atoms with Gasteiger partial charge in [-0.15, -0.1) is 0 Å². The highest BCUT2D eigenvalue weighted by Gasteiger charge is 2.59. The van der Waals surface area contributed by atoms with E-state index < -0.39 is 24.0 Å². The van der Waals surface area contributed by atoms with Crippen molar-refractivity contribution in [3.8, 4) is 5.75 Å². The average molecular weight is 346 g/mol. The molecule has 0 spiro atoms. The lowest BCUT2D eigenvalue weighted by atomic mass is 9.81. The molecular formula is C18H22N2O5. The molecule has 2 bridgehead atoms. The number of carboxylic acid groups (broad SMARTS) is 1. The summed E-state index contributed by atoms with van der Waals surface area (Å²) in [5, 5.41) is 19.7. The quantitative estimate of drug-likeness (QED) is 0.816. The highest BCUT2D eigenvalue weighted by atomic mass is 16.5. The summed E-state index contributed by atoms with van der Waals surface area (Å²) in [6.07, 6.45) is 0.897. The van der Waals surface area contributed by atoms with Gasteiger partial charge in [-0.25, -0.2) is 0 Å². The van der Waals surface area contributed by atoms with E-state index in [2.05, 4.69) is 0 Å². The van der Waals surface area contributed by atoms with Crippen LogP contribution in [0, 0.1) is 5.92 Å². The van der Waals surface area contributed by atoms with Crippen LogP contribution in [0.2, 0.25) is 0 Å². The van der Waals surface area contributed by atoms with Crippen molar-refractivity contribution in [3.05, 3.63) is 29.3 Å². The van der Waals surface area contributed by atoms with Gasteiger partial charge in [0, 0.05) is 11.6 Å². The third-order valence-corrected chi connectivity index (χ3v) is 6.11. The molecule has 1 aromatic rings. The second kappa shape index (κ2) is 5.71. The van der Waals surface area contributed by atoms with Crippen LogP contribution in [-0.2, 0) is 16.0 Å². The molecule has 4 rings (SSSR count). The molecule has 3 aliphatic rings. The van der Waals surface area contributed by atoms with Gasteiger partial charge in [-0.2, -0.15) is 0 Å². The normalized spacial score (nSPS) is 33.8. The number of hydrogen-bond acceptors (Lipinski definition) is 5. The summed E-state index contributed by atoms with van der Waals surface area (Å²) in [4.78, 5) is 28.5. The van der Waals surface area contributed by atoms with Gasteiger partial charge in [0.2, 0.25) is 5.91 Å². The molecule has 1 aromatic carbocycles. The fraction of sp³-hybridized carbons (Fsp3) is 0.556. The van der Waals surface area contributed by atoms with Crippen molar-refractivity contribution in [2.24, 2.45) is 5.92 Å². The second-order valence-electron chi connectivity index (χ2n) is 7.10. The van der Waals surface area contributed by atoms with Gasteiger partial charge in [0.1, 0.15) is 5.75 Å². The molecule has 3 aliphatic heterocycles. The van der Waals surface area contributed by atoms with Crippen LogP contribution in [-0.4, -0.2) is 70.8 Å². The minimum absolute atomic E-state index is 0.0943. The SMILES string of the molecule is COc1cccc2c1[C@H](CO)N1C(=O)[C@@H]3C[C@@H](C(=O)O)[C@H]([C@@H]1C2)N3C. The lowest BCUT2D eigenvalue weighted by Gasteiger charge is -2.51. The fourth-order valence-electron chi connectivity index (χ4n) is 5.07. The Labute approximate surface area is 145 Å². The zero-order chi connectivity index (χ0) is 17.9. The number of piperazine rings is 1. The number of aliphatic hydroxyl groups excluding tert-OH is 1. The minimum atomic E-state index is -0.856. The van der Waals surface area contributed by atoms with Crippen LogP contribution in [0.25, 0.3) is 0 Å². The van der Waals surface area contributed by atoms with E-state index >= 15 is 0 Å². The number of carbonyl (C=O) groups is 2. The average Bonchev–Trinajstić information content (AvgIpc) is 2.89. The molecule has 0 radical (unpaired) electrons. The van der Waals surface area contributed by atoms with Crippen LogP contribution in [0.4, 0.5) is 0 Å². The maximum Gasteiger partial charge on any atom is 0.308 e. The number of benzene rings is 1. The minimum Gasteiger partial charge on any atom is -0.496 e. The predicted molar refractivity (Wildman–Crippen MR) is 88.2 cm³/mol. The third kappa shape index (κ3) is 2.12. The summed E-state index contributed by atoms with van der Waals surface area (Å²) in [7, 11) is 3.41. The molecule has 134 valence electrons. The maximum absolute atomic E-state index is 13.1. The first-order chi connectivity index (χ1) is 12.0. The number of amides is 1. The van der Waals surface area contributed by atoms with Crippen molar-refractivity contribution in [2.45, 2.75) is 37.0 Å². The summed E-state index contributed by atoms with van der Waals surface area (Å²) in [5.74, 6) is -0.863. The van der Waals surface area contributed by atoms with E-state index in [0.29, 0.717) is 18.6 Å².